The zero-order valence-electron chi connectivity index (χ0n) is 9.79. The highest BCUT2D eigenvalue weighted by Crippen LogP contribution is 2.37. The maximum Gasteiger partial charge on any atom is 0.0412 e. The van der Waals surface area contributed by atoms with Gasteiger partial charge in [0.25, 0.3) is 0 Å². The molecular weight excluding hydrogens is 182 g/mol. The van der Waals surface area contributed by atoms with E-state index in [9.17, 15) is 0 Å². The Balaban J connectivity index is 2.24. The van der Waals surface area contributed by atoms with Crippen LogP contribution < -0.4 is 5.73 Å². The summed E-state index contributed by atoms with van der Waals surface area (Å²) < 4.78 is 0. The van der Waals surface area contributed by atoms with Crippen LogP contribution in [0, 0.1) is 12.8 Å². The lowest BCUT2D eigenvalue weighted by molar-refractivity contribution is 0.239. The molecule has 0 spiro atoms. The van der Waals surface area contributed by atoms with Gasteiger partial charge in [0.2, 0.25) is 0 Å². The first-order valence-corrected chi connectivity index (χ1v) is 5.96. The molecule has 0 heterocycles. The van der Waals surface area contributed by atoms with Crippen LogP contribution in [0.3, 0.4) is 0 Å². The van der Waals surface area contributed by atoms with Gasteiger partial charge < -0.3 is 5.73 Å². The summed E-state index contributed by atoms with van der Waals surface area (Å²) >= 11 is 0. The molecule has 0 radical (unpaired) electrons. The van der Waals surface area contributed by atoms with Crippen molar-refractivity contribution in [2.45, 2.75) is 45.1 Å². The summed E-state index contributed by atoms with van der Waals surface area (Å²) in [5.41, 5.74) is 9.09. The van der Waals surface area contributed by atoms with E-state index in [1.165, 1.54) is 24.0 Å². The molecule has 1 nitrogen and oxygen atoms in total. The van der Waals surface area contributed by atoms with Gasteiger partial charge in [0.1, 0.15) is 0 Å². The molecule has 1 aliphatic carbocycles. The standard InChI is InChI=1S/C14H21N/c1-11-5-7-13(8-6-11)14(15)9-3-4-12(2)10-14/h5-8,12H,3-4,9-10,15H2,1-2H3. The lowest BCUT2D eigenvalue weighted by atomic mass is 9.73. The summed E-state index contributed by atoms with van der Waals surface area (Å²) in [6.07, 6.45) is 4.88. The van der Waals surface area contributed by atoms with E-state index in [2.05, 4.69) is 38.1 Å². The van der Waals surface area contributed by atoms with Gasteiger partial charge in [0, 0.05) is 5.54 Å². The van der Waals surface area contributed by atoms with Crippen molar-refractivity contribution in [1.82, 2.24) is 0 Å². The fraction of sp³-hybridized carbons (Fsp3) is 0.571. The molecule has 1 aromatic carbocycles. The number of nitrogens with two attached hydrogens (primary N) is 1. The minimum Gasteiger partial charge on any atom is -0.321 e. The van der Waals surface area contributed by atoms with E-state index in [0.29, 0.717) is 0 Å². The zero-order chi connectivity index (χ0) is 10.9. The van der Waals surface area contributed by atoms with Crippen LogP contribution in [0.5, 0.6) is 0 Å². The van der Waals surface area contributed by atoms with Crippen molar-refractivity contribution in [3.05, 3.63) is 35.4 Å². The number of benzene rings is 1. The second kappa shape index (κ2) is 3.97. The Bertz CT molecular complexity index is 328. The lowest BCUT2D eigenvalue weighted by Crippen LogP contribution is -2.40. The summed E-state index contributed by atoms with van der Waals surface area (Å²) in [6.45, 7) is 4.44. The molecular formula is C14H21N. The maximum absolute atomic E-state index is 6.52. The normalized spacial score (nSPS) is 31.5. The lowest BCUT2D eigenvalue weighted by Gasteiger charge is -2.37. The Kier molecular flexibility index (Phi) is 2.83. The smallest absolute Gasteiger partial charge is 0.0412 e. The van der Waals surface area contributed by atoms with Crippen LogP contribution in [0.15, 0.2) is 24.3 Å². The van der Waals surface area contributed by atoms with E-state index in [4.69, 9.17) is 5.73 Å². The average molecular weight is 203 g/mol. The molecule has 15 heavy (non-hydrogen) atoms. The van der Waals surface area contributed by atoms with Crippen molar-refractivity contribution in [3.63, 3.8) is 0 Å². The van der Waals surface area contributed by atoms with E-state index in [0.717, 1.165) is 18.8 Å². The van der Waals surface area contributed by atoms with Crippen LogP contribution in [-0.2, 0) is 5.54 Å². The van der Waals surface area contributed by atoms with Crippen molar-refractivity contribution in [2.75, 3.05) is 0 Å². The predicted octanol–water partition coefficient (Wildman–Crippen LogP) is 3.36. The fourth-order valence-electron chi connectivity index (χ4n) is 2.74. The van der Waals surface area contributed by atoms with Gasteiger partial charge in [-0.1, -0.05) is 49.6 Å². The van der Waals surface area contributed by atoms with Gasteiger partial charge in [-0.3, -0.25) is 0 Å². The summed E-state index contributed by atoms with van der Waals surface area (Å²) in [5.74, 6) is 0.769. The Morgan fingerprint density at radius 3 is 2.53 bits per heavy atom. The zero-order valence-corrected chi connectivity index (χ0v) is 9.79. The number of hydrogen-bond donors (Lipinski definition) is 1. The van der Waals surface area contributed by atoms with Crippen molar-refractivity contribution in [3.8, 4) is 0 Å². The Morgan fingerprint density at radius 2 is 1.93 bits per heavy atom. The first-order valence-electron chi connectivity index (χ1n) is 5.96. The Hall–Kier alpha value is -0.820. The third kappa shape index (κ3) is 2.23. The van der Waals surface area contributed by atoms with Crippen LogP contribution in [-0.4, -0.2) is 0 Å². The van der Waals surface area contributed by atoms with Crippen molar-refractivity contribution < 1.29 is 0 Å². The Morgan fingerprint density at radius 1 is 1.27 bits per heavy atom. The molecule has 0 aromatic heterocycles. The molecule has 2 N–H and O–H groups in total. The molecule has 0 amide bonds. The molecule has 0 aliphatic heterocycles. The van der Waals surface area contributed by atoms with Crippen molar-refractivity contribution >= 4 is 0 Å². The highest BCUT2D eigenvalue weighted by atomic mass is 14.7. The fourth-order valence-corrected chi connectivity index (χ4v) is 2.74. The SMILES string of the molecule is Cc1ccc(C2(N)CCCC(C)C2)cc1. The summed E-state index contributed by atoms with van der Waals surface area (Å²) in [6, 6.07) is 8.74. The number of aryl methyl sites for hydroxylation is 1. The molecule has 0 saturated heterocycles. The first kappa shape index (κ1) is 10.7. The van der Waals surface area contributed by atoms with Gasteiger partial charge in [-0.15, -0.1) is 0 Å². The highest BCUT2D eigenvalue weighted by Gasteiger charge is 2.32. The third-order valence-electron chi connectivity index (χ3n) is 3.66. The van der Waals surface area contributed by atoms with Gasteiger partial charge in [-0.2, -0.15) is 0 Å². The van der Waals surface area contributed by atoms with Crippen molar-refractivity contribution in [2.24, 2.45) is 11.7 Å². The van der Waals surface area contributed by atoms with Gasteiger partial charge in [0.15, 0.2) is 0 Å². The second-order valence-corrected chi connectivity index (χ2v) is 5.22. The second-order valence-electron chi connectivity index (χ2n) is 5.22. The quantitative estimate of drug-likeness (QED) is 0.744. The topological polar surface area (TPSA) is 26.0 Å². The molecule has 2 atom stereocenters. The van der Waals surface area contributed by atoms with Gasteiger partial charge >= 0.3 is 0 Å². The molecule has 1 aromatic rings. The summed E-state index contributed by atoms with van der Waals surface area (Å²) in [7, 11) is 0. The minimum atomic E-state index is -0.0641. The van der Waals surface area contributed by atoms with Crippen LogP contribution in [0.1, 0.15) is 43.7 Å². The summed E-state index contributed by atoms with van der Waals surface area (Å²) in [5, 5.41) is 0. The minimum absolute atomic E-state index is 0.0641. The molecule has 82 valence electrons. The molecule has 1 heteroatoms. The number of rotatable bonds is 1. The van der Waals surface area contributed by atoms with Crippen LogP contribution in [0.25, 0.3) is 0 Å². The van der Waals surface area contributed by atoms with E-state index in [1.807, 2.05) is 0 Å². The monoisotopic (exact) mass is 203 g/mol. The van der Waals surface area contributed by atoms with Crippen LogP contribution >= 0.6 is 0 Å². The van der Waals surface area contributed by atoms with Gasteiger partial charge in [-0.25, -0.2) is 0 Å². The van der Waals surface area contributed by atoms with Gasteiger partial charge in [0.05, 0.1) is 0 Å². The van der Waals surface area contributed by atoms with Crippen molar-refractivity contribution in [1.29, 1.82) is 0 Å². The van der Waals surface area contributed by atoms with E-state index >= 15 is 0 Å². The molecule has 1 aliphatic rings. The summed E-state index contributed by atoms with van der Waals surface area (Å²) in [4.78, 5) is 0. The molecule has 0 bridgehead atoms. The third-order valence-corrected chi connectivity index (χ3v) is 3.66. The van der Waals surface area contributed by atoms with E-state index in [-0.39, 0.29) is 5.54 Å². The number of hydrogen-bond acceptors (Lipinski definition) is 1. The average Bonchev–Trinajstić information content (AvgIpc) is 2.18. The molecule has 1 fully saturated rings. The molecule has 1 saturated carbocycles. The van der Waals surface area contributed by atoms with Crippen LogP contribution in [0.2, 0.25) is 0 Å². The van der Waals surface area contributed by atoms with E-state index < -0.39 is 0 Å². The van der Waals surface area contributed by atoms with Gasteiger partial charge in [-0.05, 0) is 31.2 Å². The largest absolute Gasteiger partial charge is 0.321 e. The van der Waals surface area contributed by atoms with E-state index in [1.54, 1.807) is 0 Å². The predicted molar refractivity (Wildman–Crippen MR) is 64.7 cm³/mol. The highest BCUT2D eigenvalue weighted by molar-refractivity contribution is 5.28. The molecule has 2 rings (SSSR count). The van der Waals surface area contributed by atoms with Crippen LogP contribution in [0.4, 0.5) is 0 Å². The first-order chi connectivity index (χ1) is 7.10. The Labute approximate surface area is 92.7 Å². The molecule has 2 unspecified atom stereocenters. The maximum atomic E-state index is 6.52.